The summed E-state index contributed by atoms with van der Waals surface area (Å²) in [6.07, 6.45) is 4.05. The molecule has 1 N–H and O–H groups in total. The first-order valence-corrected chi connectivity index (χ1v) is 8.75. The van der Waals surface area contributed by atoms with E-state index >= 15 is 0 Å². The maximum absolute atomic E-state index is 11.9. The van der Waals surface area contributed by atoms with Crippen molar-refractivity contribution < 1.29 is 9.21 Å². The van der Waals surface area contributed by atoms with Crippen molar-refractivity contribution in [2.24, 2.45) is 0 Å². The zero-order chi connectivity index (χ0) is 17.8. The summed E-state index contributed by atoms with van der Waals surface area (Å²) in [5.41, 5.74) is 3.86. The normalized spacial score (nSPS) is 15.2. The van der Waals surface area contributed by atoms with Crippen molar-refractivity contribution in [2.45, 2.75) is 33.2 Å². The van der Waals surface area contributed by atoms with Crippen LogP contribution in [-0.2, 0) is 17.8 Å². The Morgan fingerprint density at radius 3 is 2.84 bits per heavy atom. The number of nitrogens with one attached hydrogen (secondary N) is 1. The Morgan fingerprint density at radius 1 is 1.32 bits per heavy atom. The second kappa shape index (κ2) is 7.66. The van der Waals surface area contributed by atoms with Gasteiger partial charge in [-0.15, -0.1) is 0 Å². The maximum Gasteiger partial charge on any atom is 0.336 e. The second-order valence-corrected chi connectivity index (χ2v) is 6.53. The van der Waals surface area contributed by atoms with Crippen molar-refractivity contribution in [3.05, 3.63) is 57.5 Å². The Balaban J connectivity index is 1.77. The van der Waals surface area contributed by atoms with Crippen LogP contribution in [-0.4, -0.2) is 30.4 Å². The molecule has 5 nitrogen and oxygen atoms in total. The van der Waals surface area contributed by atoms with E-state index in [1.165, 1.54) is 18.1 Å². The third kappa shape index (κ3) is 4.37. The summed E-state index contributed by atoms with van der Waals surface area (Å²) < 4.78 is 5.34. The molecular formula is C20H24N2O3. The van der Waals surface area contributed by atoms with Gasteiger partial charge in [-0.25, -0.2) is 4.79 Å². The van der Waals surface area contributed by atoms with E-state index in [2.05, 4.69) is 29.3 Å². The predicted molar refractivity (Wildman–Crippen MR) is 98.5 cm³/mol. The van der Waals surface area contributed by atoms with E-state index in [9.17, 15) is 9.59 Å². The number of benzene rings is 1. The molecule has 0 bridgehead atoms. The van der Waals surface area contributed by atoms with Gasteiger partial charge < -0.3 is 9.73 Å². The van der Waals surface area contributed by atoms with Crippen LogP contribution in [0.4, 0.5) is 0 Å². The fraction of sp³-hybridized carbons (Fsp3) is 0.400. The second-order valence-electron chi connectivity index (χ2n) is 6.53. The molecular weight excluding hydrogens is 316 g/mol. The van der Waals surface area contributed by atoms with Crippen LogP contribution in [0.3, 0.4) is 0 Å². The highest BCUT2D eigenvalue weighted by atomic mass is 16.4. The first-order valence-electron chi connectivity index (χ1n) is 8.75. The van der Waals surface area contributed by atoms with Crippen molar-refractivity contribution in [2.75, 3.05) is 19.6 Å². The zero-order valence-corrected chi connectivity index (χ0v) is 14.8. The molecule has 2 heterocycles. The maximum atomic E-state index is 11.9. The van der Waals surface area contributed by atoms with E-state index in [4.69, 9.17) is 4.42 Å². The fourth-order valence-electron chi connectivity index (χ4n) is 3.16. The van der Waals surface area contributed by atoms with Crippen molar-refractivity contribution in [3.8, 4) is 0 Å². The van der Waals surface area contributed by atoms with Gasteiger partial charge in [-0.05, 0) is 36.1 Å². The highest BCUT2D eigenvalue weighted by molar-refractivity contribution is 5.81. The molecule has 0 saturated heterocycles. The van der Waals surface area contributed by atoms with Gasteiger partial charge in [0.2, 0.25) is 5.91 Å². The van der Waals surface area contributed by atoms with Crippen molar-refractivity contribution in [3.63, 3.8) is 0 Å². The lowest BCUT2D eigenvalue weighted by molar-refractivity contribution is -0.118. The number of hydrogen-bond acceptors (Lipinski definition) is 4. The van der Waals surface area contributed by atoms with Crippen LogP contribution in [0, 0.1) is 0 Å². The van der Waals surface area contributed by atoms with Crippen LogP contribution in [0.15, 0.2) is 45.1 Å². The third-order valence-electron chi connectivity index (χ3n) is 4.65. The number of aryl methyl sites for hydroxylation is 1. The lowest BCUT2D eigenvalue weighted by atomic mass is 10.0. The zero-order valence-electron chi connectivity index (χ0n) is 14.8. The number of rotatable bonds is 5. The van der Waals surface area contributed by atoms with Crippen LogP contribution >= 0.6 is 0 Å². The molecule has 1 aromatic heterocycles. The minimum Gasteiger partial charge on any atom is -0.423 e. The molecule has 0 saturated carbocycles. The van der Waals surface area contributed by atoms with Crippen molar-refractivity contribution in [1.82, 2.24) is 10.2 Å². The summed E-state index contributed by atoms with van der Waals surface area (Å²) in [5, 5.41) is 3.86. The highest BCUT2D eigenvalue weighted by Crippen LogP contribution is 2.22. The first kappa shape index (κ1) is 17.4. The summed E-state index contributed by atoms with van der Waals surface area (Å²) in [7, 11) is 0. The standard InChI is InChI=1S/C20H24N2O3/c1-3-15-4-5-19-18(10-15)17(11-20(24)25-19)13-22-8-6-16(7-9-22)12-21-14(2)23/h4-6,10-11H,3,7-9,12-13H2,1-2H3,(H,21,23). The lowest BCUT2D eigenvalue weighted by Crippen LogP contribution is -2.32. The SMILES string of the molecule is CCc1ccc2oc(=O)cc(CN3CC=C(CNC(C)=O)CC3)c2c1. The number of fused-ring (bicyclic) bond motifs is 1. The summed E-state index contributed by atoms with van der Waals surface area (Å²) in [4.78, 5) is 25.2. The summed E-state index contributed by atoms with van der Waals surface area (Å²) >= 11 is 0. The minimum atomic E-state index is -0.300. The first-order chi connectivity index (χ1) is 12.0. The van der Waals surface area contributed by atoms with Gasteiger partial charge >= 0.3 is 5.63 Å². The quantitative estimate of drug-likeness (QED) is 0.671. The lowest BCUT2D eigenvalue weighted by Gasteiger charge is -2.26. The molecule has 5 heteroatoms. The van der Waals surface area contributed by atoms with Crippen LogP contribution in [0.2, 0.25) is 0 Å². The van der Waals surface area contributed by atoms with Gasteiger partial charge in [-0.2, -0.15) is 0 Å². The minimum absolute atomic E-state index is 0.00228. The molecule has 25 heavy (non-hydrogen) atoms. The number of carbonyl (C=O) groups is 1. The molecule has 1 aliphatic rings. The molecule has 0 fully saturated rings. The molecule has 2 aromatic rings. The largest absolute Gasteiger partial charge is 0.423 e. The molecule has 1 aliphatic heterocycles. The Bertz CT molecular complexity index is 867. The molecule has 0 spiro atoms. The van der Waals surface area contributed by atoms with Crippen molar-refractivity contribution in [1.29, 1.82) is 0 Å². The molecule has 0 unspecified atom stereocenters. The van der Waals surface area contributed by atoms with E-state index in [-0.39, 0.29) is 11.5 Å². The summed E-state index contributed by atoms with van der Waals surface area (Å²) in [6, 6.07) is 7.63. The number of amides is 1. The Morgan fingerprint density at radius 2 is 2.16 bits per heavy atom. The molecule has 132 valence electrons. The van der Waals surface area contributed by atoms with E-state index < -0.39 is 0 Å². The van der Waals surface area contributed by atoms with Gasteiger partial charge in [-0.3, -0.25) is 9.69 Å². The monoisotopic (exact) mass is 340 g/mol. The van der Waals surface area contributed by atoms with Crippen LogP contribution < -0.4 is 10.9 Å². The molecule has 3 rings (SSSR count). The van der Waals surface area contributed by atoms with Gasteiger partial charge in [-0.1, -0.05) is 24.6 Å². The Kier molecular flexibility index (Phi) is 5.34. The van der Waals surface area contributed by atoms with Crippen molar-refractivity contribution >= 4 is 16.9 Å². The van der Waals surface area contributed by atoms with E-state index in [0.717, 1.165) is 43.4 Å². The summed E-state index contributed by atoms with van der Waals surface area (Å²) in [6.45, 7) is 6.74. The van der Waals surface area contributed by atoms with Gasteiger partial charge in [0, 0.05) is 44.6 Å². The van der Waals surface area contributed by atoms with Crippen LogP contribution in [0.5, 0.6) is 0 Å². The molecule has 0 radical (unpaired) electrons. The number of nitrogens with zero attached hydrogens (tertiary/aromatic N) is 1. The fourth-order valence-corrected chi connectivity index (χ4v) is 3.16. The average molecular weight is 340 g/mol. The van der Waals surface area contributed by atoms with Crippen LogP contribution in [0.1, 0.15) is 31.4 Å². The topological polar surface area (TPSA) is 62.6 Å². The molecule has 1 amide bonds. The van der Waals surface area contributed by atoms with Gasteiger partial charge in [0.1, 0.15) is 5.58 Å². The van der Waals surface area contributed by atoms with E-state index in [1.54, 1.807) is 6.07 Å². The summed E-state index contributed by atoms with van der Waals surface area (Å²) in [5.74, 6) is -0.00228. The van der Waals surface area contributed by atoms with Crippen LogP contribution in [0.25, 0.3) is 11.0 Å². The van der Waals surface area contributed by atoms with Gasteiger partial charge in [0.25, 0.3) is 0 Å². The van der Waals surface area contributed by atoms with Gasteiger partial charge in [0.05, 0.1) is 0 Å². The highest BCUT2D eigenvalue weighted by Gasteiger charge is 2.15. The average Bonchev–Trinajstić information content (AvgIpc) is 2.60. The molecule has 0 atom stereocenters. The smallest absolute Gasteiger partial charge is 0.336 e. The molecule has 0 aliphatic carbocycles. The Hall–Kier alpha value is -2.40. The predicted octanol–water partition coefficient (Wildman–Crippen LogP) is 2.62. The molecule has 1 aromatic carbocycles. The number of carbonyl (C=O) groups excluding carboxylic acids is 1. The van der Waals surface area contributed by atoms with E-state index in [0.29, 0.717) is 12.1 Å². The van der Waals surface area contributed by atoms with Gasteiger partial charge in [0.15, 0.2) is 0 Å². The Labute approximate surface area is 147 Å². The third-order valence-corrected chi connectivity index (χ3v) is 4.65. The van der Waals surface area contributed by atoms with E-state index in [1.807, 2.05) is 12.1 Å². The number of hydrogen-bond donors (Lipinski definition) is 1.